The molecule has 30 heavy (non-hydrogen) atoms. The second kappa shape index (κ2) is 8.84. The molecule has 0 amide bonds. The molecular formula is C22H15ClN2O3S2. The number of carbonyl (C=O) groups is 1. The quantitative estimate of drug-likeness (QED) is 0.321. The van der Waals surface area contributed by atoms with Crippen molar-refractivity contribution < 1.29 is 14.3 Å². The number of hydrogen-bond donors (Lipinski definition) is 0. The van der Waals surface area contributed by atoms with Crippen LogP contribution in [0.2, 0.25) is 5.02 Å². The summed E-state index contributed by atoms with van der Waals surface area (Å²) in [6.45, 7) is 1.65. The highest BCUT2D eigenvalue weighted by Crippen LogP contribution is 2.33. The molecule has 0 aliphatic rings. The van der Waals surface area contributed by atoms with Gasteiger partial charge in [-0.15, -0.1) is 11.3 Å². The maximum atomic E-state index is 12.6. The van der Waals surface area contributed by atoms with E-state index in [0.29, 0.717) is 21.7 Å². The molecule has 0 radical (unpaired) electrons. The highest BCUT2D eigenvalue weighted by molar-refractivity contribution is 7.20. The third-order valence-corrected chi connectivity index (χ3v) is 6.38. The van der Waals surface area contributed by atoms with E-state index in [1.54, 1.807) is 43.3 Å². The van der Waals surface area contributed by atoms with E-state index in [1.165, 1.54) is 22.7 Å². The van der Waals surface area contributed by atoms with Crippen molar-refractivity contribution >= 4 is 50.3 Å². The molecule has 150 valence electrons. The molecular weight excluding hydrogens is 440 g/mol. The summed E-state index contributed by atoms with van der Waals surface area (Å²) in [7, 11) is 0. The molecule has 0 N–H and O–H groups in total. The van der Waals surface area contributed by atoms with Gasteiger partial charge in [0.2, 0.25) is 0 Å². The van der Waals surface area contributed by atoms with Gasteiger partial charge in [0.15, 0.2) is 11.9 Å². The summed E-state index contributed by atoms with van der Waals surface area (Å²) in [4.78, 5) is 17.8. The number of thiophene rings is 1. The first kappa shape index (κ1) is 20.4. The molecule has 2 aromatic carbocycles. The monoisotopic (exact) mass is 454 g/mol. The highest BCUT2D eigenvalue weighted by atomic mass is 35.5. The van der Waals surface area contributed by atoms with Crippen LogP contribution in [0, 0.1) is 11.3 Å². The van der Waals surface area contributed by atoms with Crippen molar-refractivity contribution in [2.24, 2.45) is 0 Å². The van der Waals surface area contributed by atoms with Crippen molar-refractivity contribution in [1.82, 2.24) is 4.98 Å². The first-order valence-electron chi connectivity index (χ1n) is 9.01. The van der Waals surface area contributed by atoms with Gasteiger partial charge >= 0.3 is 0 Å². The normalized spacial score (nSPS) is 12.8. The molecule has 0 fully saturated rings. The molecule has 0 bridgehead atoms. The van der Waals surface area contributed by atoms with Crippen molar-refractivity contribution in [1.29, 1.82) is 5.26 Å². The Bertz CT molecular complexity index is 1210. The maximum Gasteiger partial charge on any atom is 0.279 e. The minimum absolute atomic E-state index is 0.270. The molecule has 0 aliphatic carbocycles. The lowest BCUT2D eigenvalue weighted by Gasteiger charge is -2.16. The minimum atomic E-state index is -0.824. The molecule has 2 atom stereocenters. The molecule has 2 heterocycles. The van der Waals surface area contributed by atoms with Crippen molar-refractivity contribution in [3.05, 3.63) is 69.9 Å². The Morgan fingerprint density at radius 1 is 1.17 bits per heavy atom. The summed E-state index contributed by atoms with van der Waals surface area (Å²) in [5.41, 5.74) is 0.824. The zero-order valence-corrected chi connectivity index (χ0v) is 18.1. The lowest BCUT2D eigenvalue weighted by atomic mass is 10.0. The van der Waals surface area contributed by atoms with E-state index in [4.69, 9.17) is 21.1 Å². The molecule has 2 aromatic heterocycles. The van der Waals surface area contributed by atoms with Crippen LogP contribution in [0.1, 0.15) is 17.7 Å². The number of rotatable bonds is 7. The van der Waals surface area contributed by atoms with Crippen molar-refractivity contribution in [2.75, 3.05) is 0 Å². The van der Waals surface area contributed by atoms with Crippen LogP contribution in [0.3, 0.4) is 0 Å². The average molecular weight is 455 g/mol. The number of halogens is 1. The summed E-state index contributed by atoms with van der Waals surface area (Å²) < 4.78 is 12.5. The Balaban J connectivity index is 1.41. The number of Topliss-reactive ketones (excluding diaryl/α,β-unsaturated/α-hetero) is 1. The van der Waals surface area contributed by atoms with Gasteiger partial charge < -0.3 is 9.47 Å². The predicted octanol–water partition coefficient (Wildman–Crippen LogP) is 6.45. The number of nitrogens with zero attached hydrogens (tertiary/aromatic N) is 2. The van der Waals surface area contributed by atoms with Gasteiger partial charge in [-0.2, -0.15) is 5.26 Å². The van der Waals surface area contributed by atoms with E-state index in [9.17, 15) is 10.1 Å². The van der Waals surface area contributed by atoms with E-state index in [-0.39, 0.29) is 5.78 Å². The molecule has 0 aliphatic heterocycles. The number of benzene rings is 2. The van der Waals surface area contributed by atoms with E-state index >= 15 is 0 Å². The fourth-order valence-corrected chi connectivity index (χ4v) is 4.72. The van der Waals surface area contributed by atoms with Gasteiger partial charge in [0.25, 0.3) is 5.19 Å². The Morgan fingerprint density at radius 3 is 2.63 bits per heavy atom. The summed E-state index contributed by atoms with van der Waals surface area (Å²) >= 11 is 8.80. The van der Waals surface area contributed by atoms with Crippen molar-refractivity contribution in [3.8, 4) is 22.8 Å². The van der Waals surface area contributed by atoms with Crippen molar-refractivity contribution in [2.45, 2.75) is 18.9 Å². The molecule has 0 saturated heterocycles. The molecule has 0 spiro atoms. The Labute approximate surface area is 186 Å². The summed E-state index contributed by atoms with van der Waals surface area (Å²) in [5, 5.41) is 12.4. The van der Waals surface area contributed by atoms with Gasteiger partial charge in [-0.1, -0.05) is 29.0 Å². The zero-order valence-electron chi connectivity index (χ0n) is 15.7. The first-order chi connectivity index (χ1) is 14.5. The third-order valence-electron chi connectivity index (χ3n) is 4.31. The third kappa shape index (κ3) is 4.46. The van der Waals surface area contributed by atoms with Gasteiger partial charge in [-0.3, -0.25) is 4.79 Å². The average Bonchev–Trinajstić information content (AvgIpc) is 3.39. The number of ketones is 1. The van der Waals surface area contributed by atoms with E-state index in [2.05, 4.69) is 11.1 Å². The largest absolute Gasteiger partial charge is 0.483 e. The SMILES string of the molecule is CC(Oc1ccc(Oc2nc3ccc(Cl)cc3s2)cc1)C(=O)C(C#N)c1cccs1. The molecule has 8 heteroatoms. The number of carbonyl (C=O) groups excluding carboxylic acids is 1. The fourth-order valence-electron chi connectivity index (χ4n) is 2.83. The number of hydrogen-bond acceptors (Lipinski definition) is 7. The number of aromatic nitrogens is 1. The lowest BCUT2D eigenvalue weighted by molar-refractivity contribution is -0.125. The van der Waals surface area contributed by atoms with E-state index in [1.807, 2.05) is 23.6 Å². The second-order valence-corrected chi connectivity index (χ2v) is 8.81. The Hall–Kier alpha value is -2.92. The van der Waals surface area contributed by atoms with Gasteiger partial charge in [-0.05, 0) is 60.8 Å². The second-order valence-electron chi connectivity index (χ2n) is 6.41. The molecule has 0 saturated carbocycles. The number of thiazole rings is 1. The van der Waals surface area contributed by atoms with Gasteiger partial charge in [0.05, 0.1) is 16.3 Å². The van der Waals surface area contributed by atoms with Crippen LogP contribution in [0.5, 0.6) is 16.7 Å². The standard InChI is InChI=1S/C22H15ClN2O3S2/c1-13(21(26)17(12-24)19-3-2-10-29-19)27-15-5-7-16(8-6-15)28-22-25-18-9-4-14(23)11-20(18)30-22/h2-11,13,17H,1H3. The number of nitriles is 1. The maximum absolute atomic E-state index is 12.6. The van der Waals surface area contributed by atoms with Gasteiger partial charge in [-0.25, -0.2) is 4.98 Å². The topological polar surface area (TPSA) is 72.2 Å². The minimum Gasteiger partial charge on any atom is -0.483 e. The Morgan fingerprint density at radius 2 is 1.93 bits per heavy atom. The van der Waals surface area contributed by atoms with Crippen LogP contribution in [0.15, 0.2) is 60.0 Å². The highest BCUT2D eigenvalue weighted by Gasteiger charge is 2.27. The van der Waals surface area contributed by atoms with E-state index in [0.717, 1.165) is 15.1 Å². The summed E-state index contributed by atoms with van der Waals surface area (Å²) in [6.07, 6.45) is -0.752. The number of ether oxygens (including phenoxy) is 2. The number of fused-ring (bicyclic) bond motifs is 1. The van der Waals surface area contributed by atoms with Crippen LogP contribution >= 0.6 is 34.3 Å². The summed E-state index contributed by atoms with van der Waals surface area (Å²) in [5.74, 6) is 0.0191. The summed E-state index contributed by atoms with van der Waals surface area (Å²) in [6, 6.07) is 18.1. The predicted molar refractivity (Wildman–Crippen MR) is 119 cm³/mol. The van der Waals surface area contributed by atoms with Crippen LogP contribution in [0.25, 0.3) is 10.2 Å². The first-order valence-corrected chi connectivity index (χ1v) is 11.1. The van der Waals surface area contributed by atoms with Crippen LogP contribution in [-0.2, 0) is 4.79 Å². The van der Waals surface area contributed by atoms with E-state index < -0.39 is 12.0 Å². The van der Waals surface area contributed by atoms with Crippen molar-refractivity contribution in [3.63, 3.8) is 0 Å². The fraction of sp³-hybridized carbons (Fsp3) is 0.136. The molecule has 4 aromatic rings. The lowest BCUT2D eigenvalue weighted by Crippen LogP contribution is -2.28. The molecule has 4 rings (SSSR count). The van der Waals surface area contributed by atoms with Crippen LogP contribution in [0.4, 0.5) is 0 Å². The smallest absolute Gasteiger partial charge is 0.279 e. The van der Waals surface area contributed by atoms with Crippen LogP contribution < -0.4 is 9.47 Å². The van der Waals surface area contributed by atoms with Gasteiger partial charge in [0, 0.05) is 9.90 Å². The molecule has 5 nitrogen and oxygen atoms in total. The Kier molecular flexibility index (Phi) is 6.00. The van der Waals surface area contributed by atoms with Crippen LogP contribution in [-0.4, -0.2) is 16.9 Å². The molecule has 2 unspecified atom stereocenters. The van der Waals surface area contributed by atoms with Gasteiger partial charge in [0.1, 0.15) is 17.4 Å². The zero-order chi connectivity index (χ0) is 21.1.